The Balaban J connectivity index is 1.73. The lowest BCUT2D eigenvalue weighted by molar-refractivity contribution is -0.138. The van der Waals surface area contributed by atoms with Crippen molar-refractivity contribution in [2.24, 2.45) is 5.92 Å². The average Bonchev–Trinajstić information content (AvgIpc) is 3.11. The van der Waals surface area contributed by atoms with E-state index >= 15 is 0 Å². The zero-order chi connectivity index (χ0) is 20.0. The quantitative estimate of drug-likeness (QED) is 0.881. The molecule has 4 rings (SSSR count). The minimum absolute atomic E-state index is 0.00561. The van der Waals surface area contributed by atoms with Crippen molar-refractivity contribution in [1.29, 1.82) is 0 Å². The fourth-order valence-electron chi connectivity index (χ4n) is 4.49. The second-order valence-electron chi connectivity index (χ2n) is 8.76. The maximum absolute atomic E-state index is 13.1. The lowest BCUT2D eigenvalue weighted by Gasteiger charge is -2.36. The van der Waals surface area contributed by atoms with Crippen LogP contribution in [0, 0.1) is 5.92 Å². The molecule has 1 amide bonds. The van der Waals surface area contributed by atoms with Gasteiger partial charge in [-0.05, 0) is 39.5 Å². The molecular weight excluding hydrogens is 354 g/mol. The molecule has 1 atom stereocenters. The van der Waals surface area contributed by atoms with Crippen LogP contribution in [-0.2, 0) is 17.8 Å². The molecule has 2 aliphatic rings. The normalized spacial score (nSPS) is 20.9. The third-order valence-corrected chi connectivity index (χ3v) is 6.18. The number of H-pyrrole nitrogens is 1. The monoisotopic (exact) mass is 385 g/mol. The van der Waals surface area contributed by atoms with Gasteiger partial charge in [0.2, 0.25) is 5.91 Å². The summed E-state index contributed by atoms with van der Waals surface area (Å²) in [7, 11) is 0. The highest BCUT2D eigenvalue weighted by molar-refractivity contribution is 5.78. The Hall–Kier alpha value is -2.15. The number of amides is 1. The number of nitrogens with zero attached hydrogens (tertiary/aromatic N) is 4. The van der Waals surface area contributed by atoms with E-state index < -0.39 is 0 Å². The van der Waals surface area contributed by atoms with Crippen LogP contribution in [0.3, 0.4) is 0 Å². The first kappa shape index (κ1) is 19.2. The zero-order valence-electron chi connectivity index (χ0n) is 17.4. The first-order valence-electron chi connectivity index (χ1n) is 10.5. The number of carbonyl (C=O) groups is 1. The van der Waals surface area contributed by atoms with Gasteiger partial charge in [-0.1, -0.05) is 13.8 Å². The highest BCUT2D eigenvalue weighted by Crippen LogP contribution is 2.31. The van der Waals surface area contributed by atoms with E-state index in [1.165, 1.54) is 0 Å². The van der Waals surface area contributed by atoms with Gasteiger partial charge in [0.1, 0.15) is 0 Å². The van der Waals surface area contributed by atoms with E-state index in [1.54, 1.807) is 4.52 Å². The number of fused-ring (bicyclic) bond motifs is 2. The van der Waals surface area contributed by atoms with Gasteiger partial charge in [0.25, 0.3) is 5.56 Å². The summed E-state index contributed by atoms with van der Waals surface area (Å²) in [4.78, 5) is 34.9. The van der Waals surface area contributed by atoms with Gasteiger partial charge in [0.15, 0.2) is 5.65 Å². The molecular formula is C21H31N5O2. The molecule has 0 unspecified atom stereocenters. The van der Waals surface area contributed by atoms with Crippen LogP contribution in [0.25, 0.3) is 5.65 Å². The van der Waals surface area contributed by atoms with E-state index in [2.05, 4.69) is 23.8 Å². The molecule has 0 radical (unpaired) electrons. The number of hydrogen-bond donors (Lipinski definition) is 1. The molecule has 152 valence electrons. The molecule has 28 heavy (non-hydrogen) atoms. The summed E-state index contributed by atoms with van der Waals surface area (Å²) < 4.78 is 1.58. The minimum atomic E-state index is -0.0276. The van der Waals surface area contributed by atoms with Crippen LogP contribution in [0.5, 0.6) is 0 Å². The van der Waals surface area contributed by atoms with Crippen molar-refractivity contribution >= 4 is 11.6 Å². The second kappa shape index (κ2) is 7.35. The molecule has 1 fully saturated rings. The Kier molecular flexibility index (Phi) is 5.04. The maximum Gasteiger partial charge on any atom is 0.276 e. The highest BCUT2D eigenvalue weighted by atomic mass is 16.2. The van der Waals surface area contributed by atoms with Crippen LogP contribution >= 0.6 is 0 Å². The number of hydrogen-bond acceptors (Lipinski definition) is 4. The molecule has 7 nitrogen and oxygen atoms in total. The van der Waals surface area contributed by atoms with Crippen LogP contribution in [0.2, 0.25) is 0 Å². The molecule has 2 aromatic heterocycles. The first-order valence-corrected chi connectivity index (χ1v) is 10.5. The molecule has 0 aromatic carbocycles. The van der Waals surface area contributed by atoms with Crippen molar-refractivity contribution < 1.29 is 4.79 Å². The van der Waals surface area contributed by atoms with Crippen molar-refractivity contribution in [2.45, 2.75) is 72.0 Å². The molecule has 0 aliphatic carbocycles. The van der Waals surface area contributed by atoms with Gasteiger partial charge in [-0.15, -0.1) is 0 Å². The SMILES string of the molecule is CC(C)C(=O)N1CCCC[C@@H]1c1cc2nc3c(c(=O)n2[nH]1)CCN(C(C)C)C3. The van der Waals surface area contributed by atoms with Gasteiger partial charge in [-0.3, -0.25) is 19.6 Å². The van der Waals surface area contributed by atoms with Crippen LogP contribution in [-0.4, -0.2) is 49.4 Å². The van der Waals surface area contributed by atoms with E-state index in [-0.39, 0.29) is 23.4 Å². The predicted molar refractivity (Wildman–Crippen MR) is 108 cm³/mol. The Morgan fingerprint density at radius 2 is 2.00 bits per heavy atom. The first-order chi connectivity index (χ1) is 13.4. The Morgan fingerprint density at radius 3 is 2.71 bits per heavy atom. The Bertz CT molecular complexity index is 942. The van der Waals surface area contributed by atoms with Gasteiger partial charge in [0.05, 0.1) is 17.4 Å². The molecule has 1 N–H and O–H groups in total. The van der Waals surface area contributed by atoms with Gasteiger partial charge < -0.3 is 4.90 Å². The third-order valence-electron chi connectivity index (χ3n) is 6.18. The van der Waals surface area contributed by atoms with Gasteiger partial charge in [-0.2, -0.15) is 0 Å². The topological polar surface area (TPSA) is 73.7 Å². The number of piperidine rings is 1. The van der Waals surface area contributed by atoms with E-state index in [4.69, 9.17) is 4.98 Å². The third kappa shape index (κ3) is 3.26. The van der Waals surface area contributed by atoms with Gasteiger partial charge in [0, 0.05) is 43.2 Å². The largest absolute Gasteiger partial charge is 0.334 e. The van der Waals surface area contributed by atoms with Crippen LogP contribution in [0.1, 0.15) is 70.0 Å². The van der Waals surface area contributed by atoms with E-state index in [0.29, 0.717) is 11.7 Å². The van der Waals surface area contributed by atoms with Crippen LogP contribution < -0.4 is 5.56 Å². The standard InChI is InChI=1S/C21H31N5O2/c1-13(2)20(27)25-9-6-5-7-18(25)16-11-19-22-17-12-24(14(3)4)10-8-15(17)21(28)26(19)23-16/h11,13-14,18,23H,5-10,12H2,1-4H3/t18-/m1/s1. The molecule has 0 spiro atoms. The molecule has 2 aliphatic heterocycles. The van der Waals surface area contributed by atoms with E-state index in [1.807, 2.05) is 24.8 Å². The zero-order valence-corrected chi connectivity index (χ0v) is 17.4. The van der Waals surface area contributed by atoms with Crippen molar-refractivity contribution in [3.63, 3.8) is 0 Å². The summed E-state index contributed by atoms with van der Waals surface area (Å²) in [5.74, 6) is 0.149. The maximum atomic E-state index is 13.1. The predicted octanol–water partition coefficient (Wildman–Crippen LogP) is 2.50. The molecule has 4 heterocycles. The lowest BCUT2D eigenvalue weighted by atomic mass is 9.97. The van der Waals surface area contributed by atoms with Crippen LogP contribution in [0.15, 0.2) is 10.9 Å². The fourth-order valence-corrected chi connectivity index (χ4v) is 4.49. The lowest BCUT2D eigenvalue weighted by Crippen LogP contribution is -2.41. The van der Waals surface area contributed by atoms with Crippen LogP contribution in [0.4, 0.5) is 0 Å². The molecule has 2 aromatic rings. The van der Waals surface area contributed by atoms with Crippen molar-refractivity contribution in [1.82, 2.24) is 24.4 Å². The molecule has 1 saturated heterocycles. The summed E-state index contributed by atoms with van der Waals surface area (Å²) in [5, 5.41) is 3.28. The molecule has 0 saturated carbocycles. The van der Waals surface area contributed by atoms with Crippen molar-refractivity contribution in [2.75, 3.05) is 13.1 Å². The number of nitrogens with one attached hydrogen (secondary N) is 1. The van der Waals surface area contributed by atoms with E-state index in [9.17, 15) is 9.59 Å². The minimum Gasteiger partial charge on any atom is -0.334 e. The average molecular weight is 386 g/mol. The summed E-state index contributed by atoms with van der Waals surface area (Å²) in [6.07, 6.45) is 3.77. The molecule has 7 heteroatoms. The number of carbonyl (C=O) groups excluding carboxylic acids is 1. The number of aromatic amines is 1. The number of likely N-dealkylation sites (tertiary alicyclic amines) is 1. The highest BCUT2D eigenvalue weighted by Gasteiger charge is 2.31. The number of aromatic nitrogens is 3. The Morgan fingerprint density at radius 1 is 1.21 bits per heavy atom. The summed E-state index contributed by atoms with van der Waals surface area (Å²) in [6, 6.07) is 2.40. The second-order valence-corrected chi connectivity index (χ2v) is 8.76. The smallest absolute Gasteiger partial charge is 0.276 e. The summed E-state index contributed by atoms with van der Waals surface area (Å²) in [5.41, 5.74) is 3.30. The fraction of sp³-hybridized carbons (Fsp3) is 0.667. The summed E-state index contributed by atoms with van der Waals surface area (Å²) in [6.45, 7) is 10.6. The number of rotatable bonds is 3. The van der Waals surface area contributed by atoms with E-state index in [0.717, 1.165) is 62.3 Å². The van der Waals surface area contributed by atoms with Gasteiger partial charge in [-0.25, -0.2) is 9.50 Å². The summed E-state index contributed by atoms with van der Waals surface area (Å²) >= 11 is 0. The molecule has 0 bridgehead atoms. The van der Waals surface area contributed by atoms with Crippen molar-refractivity contribution in [3.05, 3.63) is 33.4 Å². The Labute approximate surface area is 165 Å². The van der Waals surface area contributed by atoms with Gasteiger partial charge >= 0.3 is 0 Å². The van der Waals surface area contributed by atoms with Crippen molar-refractivity contribution in [3.8, 4) is 0 Å².